The van der Waals surface area contributed by atoms with Crippen LogP contribution in [0.1, 0.15) is 38.9 Å². The first kappa shape index (κ1) is 15.7. The Morgan fingerprint density at radius 1 is 1.26 bits per heavy atom. The van der Waals surface area contributed by atoms with Gasteiger partial charge in [-0.2, -0.15) is 0 Å². The van der Waals surface area contributed by atoms with Gasteiger partial charge in [0.1, 0.15) is 0 Å². The molecule has 0 fully saturated rings. The maximum absolute atomic E-state index is 11.6. The summed E-state index contributed by atoms with van der Waals surface area (Å²) in [5.41, 5.74) is 0.833. The van der Waals surface area contributed by atoms with Gasteiger partial charge < -0.3 is 15.7 Å². The smallest absolute Gasteiger partial charge is 0.221 e. The van der Waals surface area contributed by atoms with E-state index in [-0.39, 0.29) is 18.0 Å². The second kappa shape index (κ2) is 7.26. The molecule has 0 aromatic heterocycles. The molecule has 0 heterocycles. The van der Waals surface area contributed by atoms with Gasteiger partial charge in [-0.25, -0.2) is 0 Å². The Morgan fingerprint density at radius 3 is 2.47 bits per heavy atom. The summed E-state index contributed by atoms with van der Waals surface area (Å²) < 4.78 is 0. The first-order chi connectivity index (χ1) is 8.88. The van der Waals surface area contributed by atoms with Crippen LogP contribution in [-0.2, 0) is 4.79 Å². The number of aliphatic hydroxyl groups is 1. The zero-order chi connectivity index (χ0) is 14.3. The molecule has 0 aliphatic heterocycles. The van der Waals surface area contributed by atoms with Gasteiger partial charge in [0.25, 0.3) is 0 Å². The van der Waals surface area contributed by atoms with Crippen molar-refractivity contribution in [1.29, 1.82) is 0 Å². The van der Waals surface area contributed by atoms with Gasteiger partial charge in [-0.3, -0.25) is 4.79 Å². The second-order valence-corrected chi connectivity index (χ2v) is 5.66. The highest BCUT2D eigenvalue weighted by atomic mass is 16.3. The van der Waals surface area contributed by atoms with E-state index in [1.54, 1.807) is 0 Å². The van der Waals surface area contributed by atoms with Gasteiger partial charge in [0.15, 0.2) is 0 Å². The zero-order valence-corrected chi connectivity index (χ0v) is 11.9. The minimum atomic E-state index is -0.652. The molecule has 0 bridgehead atoms. The third kappa shape index (κ3) is 6.94. The molecule has 1 aromatic rings. The lowest BCUT2D eigenvalue weighted by atomic mass is 10.1. The zero-order valence-electron chi connectivity index (χ0n) is 11.9. The summed E-state index contributed by atoms with van der Waals surface area (Å²) in [6.07, 6.45) is -0.237. The molecule has 0 radical (unpaired) electrons. The number of aliphatic hydroxyl groups excluding tert-OH is 1. The van der Waals surface area contributed by atoms with Crippen LogP contribution in [0.15, 0.2) is 30.3 Å². The maximum atomic E-state index is 11.6. The van der Waals surface area contributed by atoms with Crippen molar-refractivity contribution in [3.63, 3.8) is 0 Å². The van der Waals surface area contributed by atoms with Crippen LogP contribution in [0.3, 0.4) is 0 Å². The Labute approximate surface area is 115 Å². The van der Waals surface area contributed by atoms with Gasteiger partial charge >= 0.3 is 0 Å². The number of hydrogen-bond acceptors (Lipinski definition) is 3. The van der Waals surface area contributed by atoms with Crippen molar-refractivity contribution in [1.82, 2.24) is 10.6 Å². The van der Waals surface area contributed by atoms with E-state index in [0.717, 1.165) is 5.56 Å². The Balaban J connectivity index is 2.23. The summed E-state index contributed by atoms with van der Waals surface area (Å²) in [5, 5.41) is 15.9. The van der Waals surface area contributed by atoms with Gasteiger partial charge in [-0.15, -0.1) is 0 Å². The molecular formula is C15H24N2O2. The predicted molar refractivity (Wildman–Crippen MR) is 76.8 cm³/mol. The van der Waals surface area contributed by atoms with E-state index < -0.39 is 6.10 Å². The molecule has 1 amide bonds. The standard InChI is InChI=1S/C15H24N2O2/c1-15(2,3)17-10-9-14(19)16-11-13(18)12-7-5-4-6-8-12/h4-8,13,17-18H,9-11H2,1-3H3,(H,16,19). The minimum absolute atomic E-state index is 0.0177. The third-order valence-corrected chi connectivity index (χ3v) is 2.68. The Hall–Kier alpha value is -1.39. The number of benzene rings is 1. The number of nitrogens with one attached hydrogen (secondary N) is 2. The summed E-state index contributed by atoms with van der Waals surface area (Å²) in [7, 11) is 0. The van der Waals surface area contributed by atoms with E-state index in [9.17, 15) is 9.90 Å². The number of carbonyl (C=O) groups is 1. The van der Waals surface area contributed by atoms with Crippen molar-refractivity contribution >= 4 is 5.91 Å². The second-order valence-electron chi connectivity index (χ2n) is 5.66. The van der Waals surface area contributed by atoms with E-state index in [1.807, 2.05) is 30.3 Å². The molecule has 0 saturated carbocycles. The first-order valence-corrected chi connectivity index (χ1v) is 6.63. The van der Waals surface area contributed by atoms with Crippen molar-refractivity contribution in [2.45, 2.75) is 38.8 Å². The quantitative estimate of drug-likeness (QED) is 0.731. The van der Waals surface area contributed by atoms with Crippen LogP contribution >= 0.6 is 0 Å². The SMILES string of the molecule is CC(C)(C)NCCC(=O)NCC(O)c1ccccc1. The van der Waals surface area contributed by atoms with Crippen LogP contribution in [-0.4, -0.2) is 29.6 Å². The molecule has 19 heavy (non-hydrogen) atoms. The summed E-state index contributed by atoms with van der Waals surface area (Å²) in [6, 6.07) is 9.32. The number of rotatable bonds is 6. The van der Waals surface area contributed by atoms with Crippen LogP contribution < -0.4 is 10.6 Å². The number of hydrogen-bond donors (Lipinski definition) is 3. The Bertz CT molecular complexity index is 385. The lowest BCUT2D eigenvalue weighted by Gasteiger charge is -2.20. The highest BCUT2D eigenvalue weighted by Gasteiger charge is 2.11. The van der Waals surface area contributed by atoms with Crippen LogP contribution in [0.2, 0.25) is 0 Å². The van der Waals surface area contributed by atoms with E-state index in [1.165, 1.54) is 0 Å². The van der Waals surface area contributed by atoms with Crippen LogP contribution in [0.5, 0.6) is 0 Å². The monoisotopic (exact) mass is 264 g/mol. The normalized spacial score (nSPS) is 13.1. The molecule has 1 aromatic carbocycles. The lowest BCUT2D eigenvalue weighted by molar-refractivity contribution is -0.121. The van der Waals surface area contributed by atoms with Crippen molar-refractivity contribution < 1.29 is 9.90 Å². The van der Waals surface area contributed by atoms with Gasteiger partial charge in [0, 0.05) is 25.0 Å². The molecule has 4 heteroatoms. The molecule has 3 N–H and O–H groups in total. The highest BCUT2D eigenvalue weighted by molar-refractivity contribution is 5.76. The molecule has 0 aliphatic carbocycles. The minimum Gasteiger partial charge on any atom is -0.387 e. The summed E-state index contributed by atoms with van der Waals surface area (Å²) >= 11 is 0. The molecule has 1 rings (SSSR count). The molecule has 0 saturated heterocycles. The fourth-order valence-electron chi connectivity index (χ4n) is 1.64. The molecule has 106 valence electrons. The predicted octanol–water partition coefficient (Wildman–Crippen LogP) is 1.61. The van der Waals surface area contributed by atoms with E-state index in [4.69, 9.17) is 0 Å². The van der Waals surface area contributed by atoms with E-state index in [2.05, 4.69) is 31.4 Å². The lowest BCUT2D eigenvalue weighted by Crippen LogP contribution is -2.39. The van der Waals surface area contributed by atoms with Gasteiger partial charge in [0.2, 0.25) is 5.91 Å². The van der Waals surface area contributed by atoms with Gasteiger partial charge in [-0.1, -0.05) is 30.3 Å². The van der Waals surface area contributed by atoms with Gasteiger partial charge in [0.05, 0.1) is 6.10 Å². The average molecular weight is 264 g/mol. The van der Waals surface area contributed by atoms with E-state index in [0.29, 0.717) is 13.0 Å². The number of amides is 1. The largest absolute Gasteiger partial charge is 0.387 e. The van der Waals surface area contributed by atoms with Crippen molar-refractivity contribution in [3.8, 4) is 0 Å². The van der Waals surface area contributed by atoms with Crippen LogP contribution in [0.4, 0.5) is 0 Å². The van der Waals surface area contributed by atoms with Crippen LogP contribution in [0, 0.1) is 0 Å². The molecule has 0 spiro atoms. The van der Waals surface area contributed by atoms with Crippen molar-refractivity contribution in [2.75, 3.05) is 13.1 Å². The maximum Gasteiger partial charge on any atom is 0.221 e. The summed E-state index contributed by atoms with van der Waals surface area (Å²) in [5.74, 6) is -0.0493. The van der Waals surface area contributed by atoms with Gasteiger partial charge in [-0.05, 0) is 26.3 Å². The number of carbonyl (C=O) groups excluding carboxylic acids is 1. The topological polar surface area (TPSA) is 61.4 Å². The van der Waals surface area contributed by atoms with E-state index >= 15 is 0 Å². The van der Waals surface area contributed by atoms with Crippen molar-refractivity contribution in [3.05, 3.63) is 35.9 Å². The highest BCUT2D eigenvalue weighted by Crippen LogP contribution is 2.10. The van der Waals surface area contributed by atoms with Crippen LogP contribution in [0.25, 0.3) is 0 Å². The average Bonchev–Trinajstić information content (AvgIpc) is 2.35. The summed E-state index contributed by atoms with van der Waals surface area (Å²) in [4.78, 5) is 11.6. The summed E-state index contributed by atoms with van der Waals surface area (Å²) in [6.45, 7) is 7.06. The molecule has 1 atom stereocenters. The Morgan fingerprint density at radius 2 is 1.89 bits per heavy atom. The fourth-order valence-corrected chi connectivity index (χ4v) is 1.64. The third-order valence-electron chi connectivity index (χ3n) is 2.68. The Kier molecular flexibility index (Phi) is 5.99. The molecule has 4 nitrogen and oxygen atoms in total. The fraction of sp³-hybridized carbons (Fsp3) is 0.533. The molecule has 1 unspecified atom stereocenters. The first-order valence-electron chi connectivity index (χ1n) is 6.63. The molecule has 0 aliphatic rings. The molecular weight excluding hydrogens is 240 g/mol. The van der Waals surface area contributed by atoms with Crippen molar-refractivity contribution in [2.24, 2.45) is 0 Å².